The Bertz CT molecular complexity index is 710. The van der Waals surface area contributed by atoms with E-state index in [1.807, 2.05) is 36.4 Å². The maximum atomic E-state index is 5.23. The molecule has 0 bridgehead atoms. The van der Waals surface area contributed by atoms with Crippen molar-refractivity contribution in [3.05, 3.63) is 65.9 Å². The maximum Gasteiger partial charge on any atom is 0.119 e. The Morgan fingerprint density at radius 1 is 0.947 bits per heavy atom. The number of benzene rings is 2. The van der Waals surface area contributed by atoms with Gasteiger partial charge >= 0.3 is 0 Å². The minimum absolute atomic E-state index is 0.880. The van der Waals surface area contributed by atoms with E-state index in [1.165, 1.54) is 5.56 Å². The van der Waals surface area contributed by atoms with Crippen molar-refractivity contribution in [3.8, 4) is 5.75 Å². The number of hydrogen-bond acceptors (Lipinski definition) is 1. The molecule has 0 radical (unpaired) electrons. The molecule has 0 amide bonds. The Kier molecular flexibility index (Phi) is 3.07. The number of hydrogen-bond donors (Lipinski definition) is 1. The van der Waals surface area contributed by atoms with Crippen LogP contribution < -0.4 is 4.74 Å². The Balaban J connectivity index is 1.91. The van der Waals surface area contributed by atoms with Crippen molar-refractivity contribution >= 4 is 23.1 Å². The lowest BCUT2D eigenvalue weighted by molar-refractivity contribution is 0.415. The molecule has 0 atom stereocenters. The third-order valence-corrected chi connectivity index (χ3v) is 3.10. The van der Waals surface area contributed by atoms with Gasteiger partial charge in [0, 0.05) is 16.6 Å². The lowest BCUT2D eigenvalue weighted by Gasteiger charge is -1.97. The average Bonchev–Trinajstić information content (AvgIpc) is 2.88. The molecule has 1 N–H and O–H groups in total. The van der Waals surface area contributed by atoms with Crippen molar-refractivity contribution < 1.29 is 4.74 Å². The number of aromatic nitrogens is 1. The van der Waals surface area contributed by atoms with E-state index >= 15 is 0 Å². The molecule has 1 heterocycles. The fraction of sp³-hybridized carbons (Fsp3) is 0.0588. The highest BCUT2D eigenvalue weighted by Gasteiger charge is 1.99. The Hall–Kier alpha value is -2.48. The molecule has 0 fully saturated rings. The molecule has 0 unspecified atom stereocenters. The summed E-state index contributed by atoms with van der Waals surface area (Å²) in [4.78, 5) is 3.37. The zero-order chi connectivity index (χ0) is 13.1. The van der Waals surface area contributed by atoms with Gasteiger partial charge in [0.2, 0.25) is 0 Å². The van der Waals surface area contributed by atoms with Gasteiger partial charge in [0.15, 0.2) is 0 Å². The number of H-pyrrole nitrogens is 1. The first-order valence-electron chi connectivity index (χ1n) is 6.25. The maximum absolute atomic E-state index is 5.23. The normalized spacial score (nSPS) is 11.2. The first-order valence-corrected chi connectivity index (χ1v) is 6.25. The Labute approximate surface area is 112 Å². The molecule has 0 aliphatic heterocycles. The molecule has 1 aromatic heterocycles. The Morgan fingerprint density at radius 2 is 1.79 bits per heavy atom. The highest BCUT2D eigenvalue weighted by atomic mass is 16.5. The quantitative estimate of drug-likeness (QED) is 0.733. The fourth-order valence-electron chi connectivity index (χ4n) is 2.10. The molecule has 3 aromatic rings. The molecule has 94 valence electrons. The van der Waals surface area contributed by atoms with Crippen LogP contribution in [-0.4, -0.2) is 12.1 Å². The molecule has 0 spiro atoms. The Morgan fingerprint density at radius 3 is 2.58 bits per heavy atom. The van der Waals surface area contributed by atoms with Gasteiger partial charge in [-0.25, -0.2) is 0 Å². The zero-order valence-electron chi connectivity index (χ0n) is 10.8. The number of methoxy groups -OCH3 is 1. The van der Waals surface area contributed by atoms with Crippen LogP contribution in [-0.2, 0) is 0 Å². The number of rotatable bonds is 3. The summed E-state index contributed by atoms with van der Waals surface area (Å²) in [5.41, 5.74) is 3.40. The largest absolute Gasteiger partial charge is 0.497 e. The molecular weight excluding hydrogens is 234 g/mol. The molecule has 0 aliphatic rings. The smallest absolute Gasteiger partial charge is 0.119 e. The first kappa shape index (κ1) is 11.6. The van der Waals surface area contributed by atoms with Gasteiger partial charge in [-0.15, -0.1) is 0 Å². The fourth-order valence-corrected chi connectivity index (χ4v) is 2.10. The summed E-state index contributed by atoms with van der Waals surface area (Å²) < 4.78 is 5.23. The summed E-state index contributed by atoms with van der Waals surface area (Å²) in [5, 5.41) is 1.16. The van der Waals surface area contributed by atoms with Crippen molar-refractivity contribution in [1.29, 1.82) is 0 Å². The van der Waals surface area contributed by atoms with Crippen molar-refractivity contribution in [2.45, 2.75) is 0 Å². The van der Waals surface area contributed by atoms with E-state index in [1.54, 1.807) is 7.11 Å². The van der Waals surface area contributed by atoms with E-state index < -0.39 is 0 Å². The van der Waals surface area contributed by atoms with Crippen LogP contribution in [0.1, 0.15) is 11.3 Å². The van der Waals surface area contributed by atoms with E-state index in [9.17, 15) is 0 Å². The van der Waals surface area contributed by atoms with Crippen LogP contribution in [0.15, 0.2) is 54.6 Å². The van der Waals surface area contributed by atoms with Crippen LogP contribution in [0.3, 0.4) is 0 Å². The van der Waals surface area contributed by atoms with Gasteiger partial charge in [-0.1, -0.05) is 36.4 Å². The number of fused-ring (bicyclic) bond motifs is 1. The number of aromatic amines is 1. The predicted molar refractivity (Wildman–Crippen MR) is 80.2 cm³/mol. The van der Waals surface area contributed by atoms with Crippen molar-refractivity contribution in [3.63, 3.8) is 0 Å². The van der Waals surface area contributed by atoms with Gasteiger partial charge in [-0.3, -0.25) is 0 Å². The van der Waals surface area contributed by atoms with Gasteiger partial charge in [0.1, 0.15) is 5.75 Å². The second kappa shape index (κ2) is 5.02. The summed E-state index contributed by atoms with van der Waals surface area (Å²) in [5.74, 6) is 0.880. The summed E-state index contributed by atoms with van der Waals surface area (Å²) in [6, 6.07) is 18.4. The van der Waals surface area contributed by atoms with Crippen LogP contribution in [0.4, 0.5) is 0 Å². The second-order valence-electron chi connectivity index (χ2n) is 4.42. The van der Waals surface area contributed by atoms with Crippen LogP contribution in [0.5, 0.6) is 5.75 Å². The molecular formula is C17H15NO. The highest BCUT2D eigenvalue weighted by molar-refractivity contribution is 5.85. The highest BCUT2D eigenvalue weighted by Crippen LogP contribution is 2.22. The van der Waals surface area contributed by atoms with Gasteiger partial charge in [-0.2, -0.15) is 0 Å². The van der Waals surface area contributed by atoms with E-state index in [-0.39, 0.29) is 0 Å². The molecule has 0 aliphatic carbocycles. The standard InChI is InChI=1S/C17H15NO/c1-19-16-9-10-17-14(12-16)11-15(18-17)8-7-13-5-3-2-4-6-13/h2-12,18H,1H3/b8-7+. The topological polar surface area (TPSA) is 25.0 Å². The van der Waals surface area contributed by atoms with Crippen molar-refractivity contribution in [1.82, 2.24) is 4.98 Å². The lowest BCUT2D eigenvalue weighted by atomic mass is 10.2. The molecule has 19 heavy (non-hydrogen) atoms. The van der Waals surface area contributed by atoms with Crippen LogP contribution in [0.25, 0.3) is 23.1 Å². The van der Waals surface area contributed by atoms with E-state index in [4.69, 9.17) is 4.74 Å². The molecule has 0 saturated carbocycles. The van der Waals surface area contributed by atoms with Gasteiger partial charge in [0.25, 0.3) is 0 Å². The average molecular weight is 249 g/mol. The van der Waals surface area contributed by atoms with Gasteiger partial charge in [0.05, 0.1) is 7.11 Å². The molecule has 3 rings (SSSR count). The summed E-state index contributed by atoms with van der Waals surface area (Å²) in [6.45, 7) is 0. The summed E-state index contributed by atoms with van der Waals surface area (Å²) in [6.07, 6.45) is 4.18. The van der Waals surface area contributed by atoms with E-state index in [2.05, 4.69) is 35.3 Å². The lowest BCUT2D eigenvalue weighted by Crippen LogP contribution is -1.80. The van der Waals surface area contributed by atoms with Crippen molar-refractivity contribution in [2.24, 2.45) is 0 Å². The SMILES string of the molecule is COc1ccc2[nH]c(/C=C/c3ccccc3)cc2c1. The third-order valence-electron chi connectivity index (χ3n) is 3.10. The summed E-state index contributed by atoms with van der Waals surface area (Å²) in [7, 11) is 1.68. The van der Waals surface area contributed by atoms with Crippen LogP contribution >= 0.6 is 0 Å². The molecule has 2 nitrogen and oxygen atoms in total. The molecule has 0 saturated heterocycles. The number of ether oxygens (including phenoxy) is 1. The van der Waals surface area contributed by atoms with E-state index in [0.717, 1.165) is 22.3 Å². The predicted octanol–water partition coefficient (Wildman–Crippen LogP) is 4.35. The monoisotopic (exact) mass is 249 g/mol. The zero-order valence-corrected chi connectivity index (χ0v) is 10.8. The molecule has 2 aromatic carbocycles. The van der Waals surface area contributed by atoms with Gasteiger partial charge in [-0.05, 0) is 35.9 Å². The van der Waals surface area contributed by atoms with E-state index in [0.29, 0.717) is 0 Å². The number of nitrogens with one attached hydrogen (secondary N) is 1. The van der Waals surface area contributed by atoms with Crippen LogP contribution in [0.2, 0.25) is 0 Å². The van der Waals surface area contributed by atoms with Gasteiger partial charge < -0.3 is 9.72 Å². The minimum atomic E-state index is 0.880. The molecule has 2 heteroatoms. The van der Waals surface area contributed by atoms with Crippen molar-refractivity contribution in [2.75, 3.05) is 7.11 Å². The minimum Gasteiger partial charge on any atom is -0.497 e. The third kappa shape index (κ3) is 2.52. The van der Waals surface area contributed by atoms with Crippen LogP contribution in [0, 0.1) is 0 Å². The summed E-state index contributed by atoms with van der Waals surface area (Å²) >= 11 is 0. The second-order valence-corrected chi connectivity index (χ2v) is 4.42. The first-order chi connectivity index (χ1) is 9.35.